The van der Waals surface area contributed by atoms with Crippen molar-refractivity contribution < 1.29 is 19.0 Å². The Labute approximate surface area is 110 Å². The molecule has 0 saturated carbocycles. The minimum Gasteiger partial charge on any atom is -0.504 e. The predicted molar refractivity (Wildman–Crippen MR) is 74.1 cm³/mol. The second-order valence-electron chi connectivity index (χ2n) is 4.75. The molecule has 0 bridgehead atoms. The van der Waals surface area contributed by atoms with Crippen molar-refractivity contribution in [2.75, 3.05) is 20.8 Å². The third-order valence-corrected chi connectivity index (χ3v) is 5.56. The Morgan fingerprint density at radius 1 is 1.22 bits per heavy atom. The number of hydrogen-bond donors (Lipinski definition) is 1. The largest absolute Gasteiger partial charge is 0.504 e. The lowest BCUT2D eigenvalue weighted by Crippen LogP contribution is -2.28. The van der Waals surface area contributed by atoms with Crippen LogP contribution in [0.1, 0.15) is 6.42 Å². The highest BCUT2D eigenvalue weighted by Crippen LogP contribution is 2.29. The van der Waals surface area contributed by atoms with Crippen LogP contribution in [0.15, 0.2) is 18.2 Å². The summed E-state index contributed by atoms with van der Waals surface area (Å²) in [4.78, 5) is 0. The normalized spacial score (nSPS) is 11.3. The molecule has 1 aromatic rings. The van der Waals surface area contributed by atoms with Gasteiger partial charge in [-0.2, -0.15) is 0 Å². The molecule has 4 nitrogen and oxygen atoms in total. The molecule has 5 heteroatoms. The van der Waals surface area contributed by atoms with Crippen molar-refractivity contribution in [3.63, 3.8) is 0 Å². The van der Waals surface area contributed by atoms with Crippen molar-refractivity contribution in [3.05, 3.63) is 18.2 Å². The standard InChI is InChI=1S/C13H22O4Si/c1-15-13-10-11(6-7-12(13)14)17-8-5-9-18(3,4)16-2/h6-7,10,14H,5,8-9H2,1-4H3. The number of rotatable bonds is 7. The van der Waals surface area contributed by atoms with Gasteiger partial charge < -0.3 is 19.0 Å². The highest BCUT2D eigenvalue weighted by molar-refractivity contribution is 6.71. The lowest BCUT2D eigenvalue weighted by atomic mass is 10.3. The molecule has 102 valence electrons. The van der Waals surface area contributed by atoms with E-state index >= 15 is 0 Å². The maximum Gasteiger partial charge on any atom is 0.186 e. The first-order chi connectivity index (χ1) is 8.48. The highest BCUT2D eigenvalue weighted by atomic mass is 28.4. The van der Waals surface area contributed by atoms with Gasteiger partial charge in [0.25, 0.3) is 0 Å². The Balaban J connectivity index is 2.40. The maximum atomic E-state index is 9.45. The zero-order valence-electron chi connectivity index (χ0n) is 11.5. The van der Waals surface area contributed by atoms with E-state index in [-0.39, 0.29) is 5.75 Å². The fourth-order valence-corrected chi connectivity index (χ4v) is 2.74. The summed E-state index contributed by atoms with van der Waals surface area (Å²) < 4.78 is 16.1. The van der Waals surface area contributed by atoms with Crippen molar-refractivity contribution in [2.24, 2.45) is 0 Å². The van der Waals surface area contributed by atoms with Crippen LogP contribution in [0, 0.1) is 0 Å². The number of aromatic hydroxyl groups is 1. The first kappa shape index (κ1) is 14.9. The SMILES string of the molecule is COc1cc(OCCC[Si](C)(C)OC)ccc1O. The van der Waals surface area contributed by atoms with Crippen molar-refractivity contribution in [1.82, 2.24) is 0 Å². The predicted octanol–water partition coefficient (Wildman–Crippen LogP) is 3.02. The number of phenols is 1. The van der Waals surface area contributed by atoms with E-state index < -0.39 is 8.32 Å². The van der Waals surface area contributed by atoms with Gasteiger partial charge in [-0.1, -0.05) is 0 Å². The average Bonchev–Trinajstić information content (AvgIpc) is 2.36. The fraction of sp³-hybridized carbons (Fsp3) is 0.538. The Hall–Kier alpha value is -1.20. The zero-order valence-corrected chi connectivity index (χ0v) is 12.5. The number of hydrogen-bond acceptors (Lipinski definition) is 4. The quantitative estimate of drug-likeness (QED) is 0.611. The van der Waals surface area contributed by atoms with Gasteiger partial charge in [0.05, 0.1) is 13.7 Å². The molecular formula is C13H22O4Si. The monoisotopic (exact) mass is 270 g/mol. The smallest absolute Gasteiger partial charge is 0.186 e. The Bertz CT molecular complexity index is 379. The van der Waals surface area contributed by atoms with Crippen LogP contribution < -0.4 is 9.47 Å². The van der Waals surface area contributed by atoms with E-state index in [2.05, 4.69) is 13.1 Å². The molecule has 1 N–H and O–H groups in total. The third kappa shape index (κ3) is 4.58. The maximum absolute atomic E-state index is 9.45. The topological polar surface area (TPSA) is 47.9 Å². The van der Waals surface area contributed by atoms with Crippen LogP contribution in [0.3, 0.4) is 0 Å². The molecule has 0 radical (unpaired) electrons. The minimum atomic E-state index is -1.49. The van der Waals surface area contributed by atoms with Crippen molar-refractivity contribution in [1.29, 1.82) is 0 Å². The fourth-order valence-electron chi connectivity index (χ4n) is 1.54. The van der Waals surface area contributed by atoms with Gasteiger partial charge in [-0.05, 0) is 37.7 Å². The van der Waals surface area contributed by atoms with E-state index in [9.17, 15) is 5.11 Å². The summed E-state index contributed by atoms with van der Waals surface area (Å²) in [5.41, 5.74) is 0. The van der Waals surface area contributed by atoms with E-state index in [1.165, 1.54) is 7.11 Å². The Morgan fingerprint density at radius 3 is 2.56 bits per heavy atom. The van der Waals surface area contributed by atoms with Gasteiger partial charge in [0, 0.05) is 13.2 Å². The van der Waals surface area contributed by atoms with E-state index in [0.29, 0.717) is 18.1 Å². The minimum absolute atomic E-state index is 0.123. The lowest BCUT2D eigenvalue weighted by molar-refractivity contribution is 0.307. The number of benzene rings is 1. The van der Waals surface area contributed by atoms with Crippen molar-refractivity contribution >= 4 is 8.32 Å². The van der Waals surface area contributed by atoms with Crippen LogP contribution in [0.2, 0.25) is 19.1 Å². The molecule has 0 heterocycles. The summed E-state index contributed by atoms with van der Waals surface area (Å²) in [5, 5.41) is 9.45. The van der Waals surface area contributed by atoms with Crippen LogP contribution in [0.25, 0.3) is 0 Å². The molecule has 0 aliphatic rings. The van der Waals surface area contributed by atoms with E-state index in [0.717, 1.165) is 12.5 Å². The van der Waals surface area contributed by atoms with Gasteiger partial charge >= 0.3 is 0 Å². The molecule has 0 aromatic heterocycles. The molecule has 1 rings (SSSR count). The van der Waals surface area contributed by atoms with Gasteiger partial charge in [-0.15, -0.1) is 0 Å². The van der Waals surface area contributed by atoms with Crippen LogP contribution in [0.5, 0.6) is 17.2 Å². The lowest BCUT2D eigenvalue weighted by Gasteiger charge is -2.19. The molecule has 0 saturated heterocycles. The molecule has 1 aromatic carbocycles. The number of ether oxygens (including phenoxy) is 2. The Morgan fingerprint density at radius 2 is 1.94 bits per heavy atom. The molecule has 0 unspecified atom stereocenters. The van der Waals surface area contributed by atoms with Crippen LogP contribution in [-0.4, -0.2) is 34.3 Å². The summed E-state index contributed by atoms with van der Waals surface area (Å²) >= 11 is 0. The third-order valence-electron chi connectivity index (χ3n) is 2.90. The first-order valence-corrected chi connectivity index (χ1v) is 9.15. The van der Waals surface area contributed by atoms with Gasteiger partial charge in [0.2, 0.25) is 0 Å². The second-order valence-corrected chi connectivity index (χ2v) is 9.18. The first-order valence-electron chi connectivity index (χ1n) is 6.03. The average molecular weight is 270 g/mol. The molecule has 18 heavy (non-hydrogen) atoms. The summed E-state index contributed by atoms with van der Waals surface area (Å²) in [6, 6.07) is 6.06. The van der Waals surface area contributed by atoms with Crippen LogP contribution >= 0.6 is 0 Å². The van der Waals surface area contributed by atoms with E-state index in [1.54, 1.807) is 25.3 Å². The zero-order chi connectivity index (χ0) is 13.6. The van der Waals surface area contributed by atoms with Crippen molar-refractivity contribution in [3.8, 4) is 17.2 Å². The van der Waals surface area contributed by atoms with Gasteiger partial charge in [-0.3, -0.25) is 0 Å². The van der Waals surface area contributed by atoms with Crippen molar-refractivity contribution in [2.45, 2.75) is 25.6 Å². The molecule has 0 aliphatic carbocycles. The summed E-state index contributed by atoms with van der Waals surface area (Å²) in [7, 11) is 1.81. The summed E-state index contributed by atoms with van der Waals surface area (Å²) in [5.74, 6) is 1.26. The van der Waals surface area contributed by atoms with Gasteiger partial charge in [0.15, 0.2) is 19.8 Å². The van der Waals surface area contributed by atoms with Gasteiger partial charge in [0.1, 0.15) is 5.75 Å². The molecule has 0 aliphatic heterocycles. The van der Waals surface area contributed by atoms with E-state index in [1.807, 2.05) is 0 Å². The molecule has 0 fully saturated rings. The number of methoxy groups -OCH3 is 1. The van der Waals surface area contributed by atoms with E-state index in [4.69, 9.17) is 13.9 Å². The van der Waals surface area contributed by atoms with Gasteiger partial charge in [-0.25, -0.2) is 0 Å². The Kier molecular flexibility index (Phi) is 5.49. The van der Waals surface area contributed by atoms with Crippen LogP contribution in [-0.2, 0) is 4.43 Å². The summed E-state index contributed by atoms with van der Waals surface area (Å²) in [6.45, 7) is 5.03. The molecule has 0 amide bonds. The number of phenolic OH excluding ortho intramolecular Hbond substituents is 1. The van der Waals surface area contributed by atoms with Crippen LogP contribution in [0.4, 0.5) is 0 Å². The second kappa shape index (κ2) is 6.66. The highest BCUT2D eigenvalue weighted by Gasteiger charge is 2.19. The molecular weight excluding hydrogens is 248 g/mol. The summed E-state index contributed by atoms with van der Waals surface area (Å²) in [6.07, 6.45) is 0.969. The molecule has 0 atom stereocenters. The molecule has 0 spiro atoms.